The number of para-hydroxylation sites is 1. The number of nitrogens with one attached hydrogen (secondary N) is 3. The molecule has 0 atom stereocenters. The molecule has 0 aliphatic heterocycles. The Balaban J connectivity index is 0.00000225. The molecular weight excluding hydrogens is 430 g/mol. The first kappa shape index (κ1) is 19.2. The largest absolute Gasteiger partial charge is 0.361 e. The van der Waals surface area contributed by atoms with Gasteiger partial charge in [0, 0.05) is 37.2 Å². The fourth-order valence-electron chi connectivity index (χ4n) is 2.66. The van der Waals surface area contributed by atoms with Crippen molar-refractivity contribution < 1.29 is 4.39 Å². The van der Waals surface area contributed by atoms with Crippen molar-refractivity contribution in [1.82, 2.24) is 15.6 Å². The first-order valence-corrected chi connectivity index (χ1v) is 8.00. The minimum atomic E-state index is -0.222. The number of aromatic amines is 1. The second-order valence-corrected chi connectivity index (χ2v) is 5.59. The third-order valence-electron chi connectivity index (χ3n) is 3.96. The number of hydrogen-bond acceptors (Lipinski definition) is 1. The van der Waals surface area contributed by atoms with E-state index in [1.165, 1.54) is 23.1 Å². The van der Waals surface area contributed by atoms with E-state index in [1.54, 1.807) is 19.2 Å². The molecule has 3 rings (SSSR count). The van der Waals surface area contributed by atoms with E-state index in [4.69, 9.17) is 0 Å². The summed E-state index contributed by atoms with van der Waals surface area (Å²) in [6.45, 7) is 1.39. The van der Waals surface area contributed by atoms with Gasteiger partial charge in [0.1, 0.15) is 5.82 Å². The quantitative estimate of drug-likeness (QED) is 0.313. The lowest BCUT2D eigenvalue weighted by atomic mass is 10.1. The smallest absolute Gasteiger partial charge is 0.191 e. The van der Waals surface area contributed by atoms with Gasteiger partial charge in [0.2, 0.25) is 0 Å². The first-order chi connectivity index (χ1) is 11.8. The summed E-state index contributed by atoms with van der Waals surface area (Å²) < 4.78 is 12.9. The van der Waals surface area contributed by atoms with E-state index in [0.717, 1.165) is 30.0 Å². The molecule has 132 valence electrons. The fraction of sp³-hybridized carbons (Fsp3) is 0.211. The predicted molar refractivity (Wildman–Crippen MR) is 112 cm³/mol. The number of aliphatic imine (C=N–C) groups is 1. The average molecular weight is 452 g/mol. The number of H-pyrrole nitrogens is 1. The highest BCUT2D eigenvalue weighted by molar-refractivity contribution is 14.0. The molecule has 3 N–H and O–H groups in total. The number of guanidine groups is 1. The van der Waals surface area contributed by atoms with Gasteiger partial charge >= 0.3 is 0 Å². The van der Waals surface area contributed by atoms with E-state index in [1.807, 2.05) is 6.07 Å². The van der Waals surface area contributed by atoms with Crippen LogP contribution < -0.4 is 10.6 Å². The van der Waals surface area contributed by atoms with Gasteiger partial charge in [-0.2, -0.15) is 0 Å². The molecule has 0 bridgehead atoms. The van der Waals surface area contributed by atoms with Gasteiger partial charge in [-0.05, 0) is 35.7 Å². The Bertz CT molecular complexity index is 827. The summed E-state index contributed by atoms with van der Waals surface area (Å²) in [6.07, 6.45) is 2.96. The Hall–Kier alpha value is -2.09. The van der Waals surface area contributed by atoms with Gasteiger partial charge in [0.25, 0.3) is 0 Å². The van der Waals surface area contributed by atoms with Crippen LogP contribution in [0.4, 0.5) is 4.39 Å². The van der Waals surface area contributed by atoms with Crippen LogP contribution in [0.25, 0.3) is 10.9 Å². The normalized spacial score (nSPS) is 11.2. The second kappa shape index (κ2) is 9.41. The maximum atomic E-state index is 12.9. The highest BCUT2D eigenvalue weighted by Gasteiger charge is 2.03. The van der Waals surface area contributed by atoms with E-state index in [9.17, 15) is 4.39 Å². The molecule has 0 amide bonds. The average Bonchev–Trinajstić information content (AvgIpc) is 3.02. The molecule has 0 saturated carbocycles. The SMILES string of the molecule is CN=C(NCCc1c[nH]c2ccccc12)NCc1ccc(F)cc1.I. The fourth-order valence-corrected chi connectivity index (χ4v) is 2.66. The van der Waals surface area contributed by atoms with Gasteiger partial charge in [0.15, 0.2) is 5.96 Å². The summed E-state index contributed by atoms with van der Waals surface area (Å²) in [6, 6.07) is 14.7. The molecule has 25 heavy (non-hydrogen) atoms. The Kier molecular flexibility index (Phi) is 7.24. The predicted octanol–water partition coefficient (Wildman–Crippen LogP) is 3.83. The van der Waals surface area contributed by atoms with Crippen molar-refractivity contribution in [3.63, 3.8) is 0 Å². The lowest BCUT2D eigenvalue weighted by Crippen LogP contribution is -2.37. The van der Waals surface area contributed by atoms with Crippen molar-refractivity contribution in [2.45, 2.75) is 13.0 Å². The van der Waals surface area contributed by atoms with Crippen molar-refractivity contribution in [1.29, 1.82) is 0 Å². The van der Waals surface area contributed by atoms with Gasteiger partial charge in [-0.25, -0.2) is 4.39 Å². The van der Waals surface area contributed by atoms with Crippen molar-refractivity contribution in [2.75, 3.05) is 13.6 Å². The van der Waals surface area contributed by atoms with Crippen LogP contribution in [0, 0.1) is 5.82 Å². The van der Waals surface area contributed by atoms with Gasteiger partial charge in [0.05, 0.1) is 0 Å². The molecule has 0 saturated heterocycles. The number of nitrogens with zero attached hydrogens (tertiary/aromatic N) is 1. The Labute approximate surface area is 164 Å². The molecule has 4 nitrogen and oxygen atoms in total. The minimum absolute atomic E-state index is 0. The van der Waals surface area contributed by atoms with Crippen molar-refractivity contribution in [2.24, 2.45) is 4.99 Å². The molecule has 0 unspecified atom stereocenters. The summed E-state index contributed by atoms with van der Waals surface area (Å²) in [4.78, 5) is 7.50. The van der Waals surface area contributed by atoms with Gasteiger partial charge in [-0.3, -0.25) is 4.99 Å². The Morgan fingerprint density at radius 1 is 1.08 bits per heavy atom. The molecule has 6 heteroatoms. The van der Waals surface area contributed by atoms with Crippen molar-refractivity contribution >= 4 is 40.8 Å². The molecular formula is C19H22FIN4. The standard InChI is InChI=1S/C19H21FN4.HI/c1-21-19(24-12-14-6-8-16(20)9-7-14)22-11-10-15-13-23-18-5-3-2-4-17(15)18;/h2-9,13,23H,10-12H2,1H3,(H2,21,22,24);1H. The zero-order valence-corrected chi connectivity index (χ0v) is 16.4. The monoisotopic (exact) mass is 452 g/mol. The van der Waals surface area contributed by atoms with Crippen LogP contribution in [0.15, 0.2) is 59.7 Å². The number of benzene rings is 2. The highest BCUT2D eigenvalue weighted by atomic mass is 127. The molecule has 0 aliphatic rings. The number of rotatable bonds is 5. The zero-order chi connectivity index (χ0) is 16.8. The minimum Gasteiger partial charge on any atom is -0.361 e. The van der Waals surface area contributed by atoms with Gasteiger partial charge < -0.3 is 15.6 Å². The van der Waals surface area contributed by atoms with Crippen LogP contribution in [-0.2, 0) is 13.0 Å². The van der Waals surface area contributed by atoms with Crippen molar-refractivity contribution in [3.8, 4) is 0 Å². The Morgan fingerprint density at radius 3 is 2.60 bits per heavy atom. The van der Waals surface area contributed by atoms with Crippen LogP contribution >= 0.6 is 24.0 Å². The summed E-state index contributed by atoms with van der Waals surface area (Å²) in [5.41, 5.74) is 3.45. The zero-order valence-electron chi connectivity index (χ0n) is 14.1. The summed E-state index contributed by atoms with van der Waals surface area (Å²) in [5.74, 6) is 0.513. The lowest BCUT2D eigenvalue weighted by molar-refractivity contribution is 0.626. The summed E-state index contributed by atoms with van der Waals surface area (Å²) in [7, 11) is 1.74. The number of halogens is 2. The van der Waals surface area contributed by atoms with Gasteiger partial charge in [-0.15, -0.1) is 24.0 Å². The molecule has 3 aromatic rings. The van der Waals surface area contributed by atoms with Crippen LogP contribution in [0.3, 0.4) is 0 Å². The Morgan fingerprint density at radius 2 is 1.84 bits per heavy atom. The van der Waals surface area contributed by atoms with Crippen LogP contribution in [0.5, 0.6) is 0 Å². The van der Waals surface area contributed by atoms with Crippen LogP contribution in [-0.4, -0.2) is 24.5 Å². The molecule has 2 aromatic carbocycles. The van der Waals surface area contributed by atoms with Crippen LogP contribution in [0.1, 0.15) is 11.1 Å². The molecule has 0 aliphatic carbocycles. The lowest BCUT2D eigenvalue weighted by Gasteiger charge is -2.11. The van der Waals surface area contributed by atoms with Crippen molar-refractivity contribution in [3.05, 3.63) is 71.7 Å². The molecule has 0 spiro atoms. The van der Waals surface area contributed by atoms with E-state index >= 15 is 0 Å². The third kappa shape index (κ3) is 5.19. The molecule has 0 fully saturated rings. The number of hydrogen-bond donors (Lipinski definition) is 3. The first-order valence-electron chi connectivity index (χ1n) is 8.00. The second-order valence-electron chi connectivity index (χ2n) is 5.59. The van der Waals surface area contributed by atoms with Crippen LogP contribution in [0.2, 0.25) is 0 Å². The number of aromatic nitrogens is 1. The van der Waals surface area contributed by atoms with E-state index < -0.39 is 0 Å². The molecule has 0 radical (unpaired) electrons. The third-order valence-corrected chi connectivity index (χ3v) is 3.96. The highest BCUT2D eigenvalue weighted by Crippen LogP contribution is 2.17. The van der Waals surface area contributed by atoms with E-state index in [2.05, 4.69) is 45.0 Å². The summed E-state index contributed by atoms with van der Waals surface area (Å²) >= 11 is 0. The van der Waals surface area contributed by atoms with E-state index in [0.29, 0.717) is 6.54 Å². The number of fused-ring (bicyclic) bond motifs is 1. The van der Waals surface area contributed by atoms with E-state index in [-0.39, 0.29) is 29.8 Å². The summed E-state index contributed by atoms with van der Waals surface area (Å²) in [5, 5.41) is 7.79. The topological polar surface area (TPSA) is 52.2 Å². The van der Waals surface area contributed by atoms with Gasteiger partial charge in [-0.1, -0.05) is 30.3 Å². The molecule has 1 heterocycles. The molecule has 1 aromatic heterocycles. The maximum absolute atomic E-state index is 12.9. The maximum Gasteiger partial charge on any atom is 0.191 e.